The summed E-state index contributed by atoms with van der Waals surface area (Å²) in [6, 6.07) is 9.49. The monoisotopic (exact) mass is 304 g/mol. The highest BCUT2D eigenvalue weighted by atomic mass is 16.3. The van der Waals surface area contributed by atoms with Crippen LogP contribution in [0.25, 0.3) is 0 Å². The Morgan fingerprint density at radius 3 is 2.41 bits per heavy atom. The summed E-state index contributed by atoms with van der Waals surface area (Å²) in [5.41, 5.74) is 0.222. The summed E-state index contributed by atoms with van der Waals surface area (Å²) in [5, 5.41) is 15.6. The molecular formula is C17H24N2O3. The average Bonchev–Trinajstić information content (AvgIpc) is 2.93. The topological polar surface area (TPSA) is 78.4 Å². The molecule has 3 N–H and O–H groups in total. The third kappa shape index (κ3) is 5.48. The van der Waals surface area contributed by atoms with Crippen LogP contribution in [0.3, 0.4) is 0 Å². The lowest BCUT2D eigenvalue weighted by Crippen LogP contribution is -2.41. The molecule has 0 aliphatic heterocycles. The van der Waals surface area contributed by atoms with E-state index in [0.29, 0.717) is 19.5 Å². The van der Waals surface area contributed by atoms with E-state index < -0.39 is 5.60 Å². The van der Waals surface area contributed by atoms with Crippen LogP contribution in [0.4, 0.5) is 0 Å². The lowest BCUT2D eigenvalue weighted by molar-refractivity contribution is -0.122. The van der Waals surface area contributed by atoms with Crippen LogP contribution in [0.15, 0.2) is 30.3 Å². The zero-order chi connectivity index (χ0) is 15.8. The molecule has 5 heteroatoms. The Labute approximate surface area is 131 Å². The van der Waals surface area contributed by atoms with Gasteiger partial charge in [-0.05, 0) is 18.4 Å². The maximum atomic E-state index is 11.7. The maximum absolute atomic E-state index is 11.7. The number of carbonyl (C=O) groups is 2. The van der Waals surface area contributed by atoms with Crippen LogP contribution < -0.4 is 10.6 Å². The van der Waals surface area contributed by atoms with Crippen molar-refractivity contribution < 1.29 is 14.7 Å². The van der Waals surface area contributed by atoms with Gasteiger partial charge in [0.05, 0.1) is 12.0 Å². The van der Waals surface area contributed by atoms with Crippen LogP contribution in [-0.4, -0.2) is 35.6 Å². The molecule has 1 aromatic rings. The lowest BCUT2D eigenvalue weighted by Gasteiger charge is -2.22. The van der Waals surface area contributed by atoms with E-state index in [0.717, 1.165) is 31.2 Å². The van der Waals surface area contributed by atoms with Crippen molar-refractivity contribution in [3.63, 3.8) is 0 Å². The molecule has 0 aromatic heterocycles. The predicted molar refractivity (Wildman–Crippen MR) is 84.2 cm³/mol. The number of benzene rings is 1. The molecule has 0 spiro atoms. The number of rotatable bonds is 7. The zero-order valence-electron chi connectivity index (χ0n) is 12.8. The van der Waals surface area contributed by atoms with Crippen LogP contribution in [0, 0.1) is 0 Å². The van der Waals surface area contributed by atoms with Crippen LogP contribution in [0.5, 0.6) is 0 Å². The summed E-state index contributed by atoms with van der Waals surface area (Å²) in [7, 11) is 0. The van der Waals surface area contributed by atoms with E-state index >= 15 is 0 Å². The molecule has 1 aromatic carbocycles. The van der Waals surface area contributed by atoms with Crippen LogP contribution in [0.1, 0.15) is 37.7 Å². The maximum Gasteiger partial charge on any atom is 0.224 e. The fraction of sp³-hybridized carbons (Fsp3) is 0.529. The minimum Gasteiger partial charge on any atom is -0.388 e. The summed E-state index contributed by atoms with van der Waals surface area (Å²) < 4.78 is 0. The fourth-order valence-corrected chi connectivity index (χ4v) is 2.72. The van der Waals surface area contributed by atoms with Gasteiger partial charge in [0.15, 0.2) is 0 Å². The van der Waals surface area contributed by atoms with E-state index in [-0.39, 0.29) is 18.2 Å². The smallest absolute Gasteiger partial charge is 0.224 e. The van der Waals surface area contributed by atoms with Gasteiger partial charge in [0.2, 0.25) is 11.8 Å². The molecule has 0 unspecified atom stereocenters. The SMILES string of the molecule is O=C(CCNC(=O)Cc1ccccc1)NCC1(O)CCCC1. The Morgan fingerprint density at radius 1 is 1.05 bits per heavy atom. The molecule has 0 heterocycles. The number of amides is 2. The van der Waals surface area contributed by atoms with Crippen molar-refractivity contribution in [2.45, 2.75) is 44.1 Å². The first-order valence-corrected chi connectivity index (χ1v) is 7.87. The third-order valence-corrected chi connectivity index (χ3v) is 4.03. The van der Waals surface area contributed by atoms with Gasteiger partial charge in [-0.15, -0.1) is 0 Å². The van der Waals surface area contributed by atoms with E-state index in [2.05, 4.69) is 10.6 Å². The van der Waals surface area contributed by atoms with E-state index in [4.69, 9.17) is 0 Å². The summed E-state index contributed by atoms with van der Waals surface area (Å²) in [6.07, 6.45) is 4.09. The highest BCUT2D eigenvalue weighted by Crippen LogP contribution is 2.28. The molecule has 0 atom stereocenters. The molecule has 0 radical (unpaired) electrons. The number of carbonyl (C=O) groups excluding carboxylic acids is 2. The number of hydrogen-bond donors (Lipinski definition) is 3. The molecule has 22 heavy (non-hydrogen) atoms. The molecule has 1 aliphatic carbocycles. The van der Waals surface area contributed by atoms with Gasteiger partial charge in [-0.2, -0.15) is 0 Å². The van der Waals surface area contributed by atoms with Crippen LogP contribution in [0.2, 0.25) is 0 Å². The Balaban J connectivity index is 1.59. The molecule has 2 amide bonds. The van der Waals surface area contributed by atoms with Crippen molar-refractivity contribution in [2.75, 3.05) is 13.1 Å². The highest BCUT2D eigenvalue weighted by Gasteiger charge is 2.31. The standard InChI is InChI=1S/C17H24N2O3/c20-15(19-13-17(22)9-4-5-10-17)8-11-18-16(21)12-14-6-2-1-3-7-14/h1-3,6-7,22H,4-5,8-13H2,(H,18,21)(H,19,20). The summed E-state index contributed by atoms with van der Waals surface area (Å²) in [5.74, 6) is -0.228. The lowest BCUT2D eigenvalue weighted by atomic mass is 10.0. The van der Waals surface area contributed by atoms with Crippen LogP contribution in [-0.2, 0) is 16.0 Å². The van der Waals surface area contributed by atoms with E-state index in [9.17, 15) is 14.7 Å². The second kappa shape index (κ2) is 7.94. The quantitative estimate of drug-likeness (QED) is 0.707. The van der Waals surface area contributed by atoms with Crippen molar-refractivity contribution in [3.8, 4) is 0 Å². The van der Waals surface area contributed by atoms with Gasteiger partial charge in [-0.1, -0.05) is 43.2 Å². The molecule has 2 rings (SSSR count). The largest absolute Gasteiger partial charge is 0.388 e. The van der Waals surface area contributed by atoms with Gasteiger partial charge in [0.25, 0.3) is 0 Å². The van der Waals surface area contributed by atoms with E-state index in [1.165, 1.54) is 0 Å². The Hall–Kier alpha value is -1.88. The molecular weight excluding hydrogens is 280 g/mol. The van der Waals surface area contributed by atoms with Crippen molar-refractivity contribution in [1.82, 2.24) is 10.6 Å². The first-order valence-electron chi connectivity index (χ1n) is 7.87. The average molecular weight is 304 g/mol. The second-order valence-electron chi connectivity index (χ2n) is 5.97. The first-order chi connectivity index (χ1) is 10.6. The molecule has 1 saturated carbocycles. The van der Waals surface area contributed by atoms with Crippen LogP contribution >= 0.6 is 0 Å². The highest BCUT2D eigenvalue weighted by molar-refractivity contribution is 5.80. The fourth-order valence-electron chi connectivity index (χ4n) is 2.72. The minimum absolute atomic E-state index is 0.0894. The molecule has 1 fully saturated rings. The van der Waals surface area contributed by atoms with Gasteiger partial charge in [0, 0.05) is 19.5 Å². The van der Waals surface area contributed by atoms with Gasteiger partial charge in [0.1, 0.15) is 0 Å². The normalized spacial score (nSPS) is 16.2. The van der Waals surface area contributed by atoms with Crippen molar-refractivity contribution in [2.24, 2.45) is 0 Å². The zero-order valence-corrected chi connectivity index (χ0v) is 12.8. The predicted octanol–water partition coefficient (Wildman–Crippen LogP) is 1.16. The van der Waals surface area contributed by atoms with Gasteiger partial charge < -0.3 is 15.7 Å². The van der Waals surface area contributed by atoms with Crippen molar-refractivity contribution in [1.29, 1.82) is 0 Å². The summed E-state index contributed by atoms with van der Waals surface area (Å²) in [6.45, 7) is 0.625. The number of nitrogens with one attached hydrogen (secondary N) is 2. The molecule has 0 saturated heterocycles. The Bertz CT molecular complexity index is 496. The summed E-state index contributed by atoms with van der Waals surface area (Å²) in [4.78, 5) is 23.4. The number of aliphatic hydroxyl groups is 1. The van der Waals surface area contributed by atoms with E-state index in [1.54, 1.807) is 0 Å². The Kier molecular flexibility index (Phi) is 5.95. The second-order valence-corrected chi connectivity index (χ2v) is 5.97. The molecule has 5 nitrogen and oxygen atoms in total. The molecule has 0 bridgehead atoms. The van der Waals surface area contributed by atoms with E-state index in [1.807, 2.05) is 30.3 Å². The molecule has 120 valence electrons. The number of hydrogen-bond acceptors (Lipinski definition) is 3. The Morgan fingerprint density at radius 2 is 1.73 bits per heavy atom. The van der Waals surface area contributed by atoms with Gasteiger partial charge >= 0.3 is 0 Å². The van der Waals surface area contributed by atoms with Gasteiger partial charge in [-0.25, -0.2) is 0 Å². The first kappa shape index (κ1) is 16.5. The van der Waals surface area contributed by atoms with Crippen molar-refractivity contribution in [3.05, 3.63) is 35.9 Å². The van der Waals surface area contributed by atoms with Gasteiger partial charge in [-0.3, -0.25) is 9.59 Å². The minimum atomic E-state index is -0.730. The van der Waals surface area contributed by atoms with Crippen molar-refractivity contribution >= 4 is 11.8 Å². The third-order valence-electron chi connectivity index (χ3n) is 4.03. The molecule has 1 aliphatic rings. The summed E-state index contributed by atoms with van der Waals surface area (Å²) >= 11 is 0.